The molecule has 0 aliphatic heterocycles. The Morgan fingerprint density at radius 3 is 2.50 bits per heavy atom. The van der Waals surface area contributed by atoms with E-state index in [4.69, 9.17) is 4.98 Å². The Morgan fingerprint density at radius 1 is 1.31 bits per heavy atom. The van der Waals surface area contributed by atoms with Gasteiger partial charge in [0.2, 0.25) is 0 Å². The first kappa shape index (κ1) is 12.1. The fourth-order valence-corrected chi connectivity index (χ4v) is 3.72. The van der Waals surface area contributed by atoms with E-state index < -0.39 is 0 Å². The summed E-state index contributed by atoms with van der Waals surface area (Å²) < 4.78 is 0. The smallest absolute Gasteiger partial charge is 0.113 e. The van der Waals surface area contributed by atoms with Crippen LogP contribution in [0, 0.1) is 6.92 Å². The van der Waals surface area contributed by atoms with Crippen molar-refractivity contribution < 1.29 is 0 Å². The number of aryl methyl sites for hydroxylation is 1. The van der Waals surface area contributed by atoms with Gasteiger partial charge >= 0.3 is 0 Å². The van der Waals surface area contributed by atoms with Crippen LogP contribution in [-0.4, -0.2) is 11.0 Å². The number of hydrogen-bond acceptors (Lipinski definition) is 3. The Bertz CT molecular complexity index is 337. The first-order chi connectivity index (χ1) is 7.62. The lowest BCUT2D eigenvalue weighted by Crippen LogP contribution is -2.47. The molecule has 1 aromatic heterocycles. The predicted octanol–water partition coefficient (Wildman–Crippen LogP) is 3.61. The molecule has 1 saturated carbocycles. The van der Waals surface area contributed by atoms with Crippen LogP contribution >= 0.6 is 11.3 Å². The van der Waals surface area contributed by atoms with E-state index in [1.807, 2.05) is 11.3 Å². The van der Waals surface area contributed by atoms with Gasteiger partial charge < -0.3 is 5.32 Å². The Hall–Kier alpha value is -0.410. The van der Waals surface area contributed by atoms with Crippen molar-refractivity contribution in [3.8, 4) is 0 Å². The molecule has 2 nitrogen and oxygen atoms in total. The minimum atomic E-state index is 0.172. The molecular weight excluding hydrogens is 216 g/mol. The molecule has 0 bridgehead atoms. The van der Waals surface area contributed by atoms with Crippen LogP contribution in [0.3, 0.4) is 0 Å². The Balaban J connectivity index is 2.25. The Morgan fingerprint density at radius 2 is 2.00 bits per heavy atom. The van der Waals surface area contributed by atoms with Crippen LogP contribution in [0.4, 0.5) is 0 Å². The average molecular weight is 238 g/mol. The number of nitrogens with one attached hydrogen (secondary N) is 1. The van der Waals surface area contributed by atoms with Crippen LogP contribution in [0.25, 0.3) is 0 Å². The van der Waals surface area contributed by atoms with Crippen LogP contribution in [0.15, 0.2) is 5.38 Å². The molecular formula is C13H22N2S. The maximum Gasteiger partial charge on any atom is 0.113 e. The van der Waals surface area contributed by atoms with Gasteiger partial charge in [-0.2, -0.15) is 0 Å². The first-order valence-electron chi connectivity index (χ1n) is 6.33. The van der Waals surface area contributed by atoms with Crippen molar-refractivity contribution in [2.24, 2.45) is 0 Å². The molecule has 0 spiro atoms. The largest absolute Gasteiger partial charge is 0.303 e. The molecule has 1 heterocycles. The molecule has 0 unspecified atom stereocenters. The average Bonchev–Trinajstić information content (AvgIpc) is 2.66. The van der Waals surface area contributed by atoms with Gasteiger partial charge in [-0.05, 0) is 33.6 Å². The number of nitrogens with zero attached hydrogens (tertiary/aromatic N) is 1. The van der Waals surface area contributed by atoms with E-state index in [1.165, 1.54) is 37.1 Å². The van der Waals surface area contributed by atoms with Gasteiger partial charge in [0.1, 0.15) is 5.01 Å². The molecule has 2 rings (SSSR count). The van der Waals surface area contributed by atoms with Crippen LogP contribution in [0.1, 0.15) is 56.7 Å². The highest BCUT2D eigenvalue weighted by Gasteiger charge is 2.36. The fourth-order valence-electron chi connectivity index (χ4n) is 2.70. The summed E-state index contributed by atoms with van der Waals surface area (Å²) in [6.45, 7) is 6.56. The van der Waals surface area contributed by atoms with E-state index in [0.29, 0.717) is 6.04 Å². The van der Waals surface area contributed by atoms with E-state index in [9.17, 15) is 0 Å². The summed E-state index contributed by atoms with van der Waals surface area (Å²) in [7, 11) is 0. The van der Waals surface area contributed by atoms with E-state index in [2.05, 4.69) is 31.5 Å². The maximum absolute atomic E-state index is 4.72. The van der Waals surface area contributed by atoms with Crippen molar-refractivity contribution in [3.63, 3.8) is 0 Å². The zero-order chi connectivity index (χ0) is 11.6. The molecule has 0 saturated heterocycles. The normalized spacial score (nSPS) is 20.2. The fraction of sp³-hybridized carbons (Fsp3) is 0.769. The van der Waals surface area contributed by atoms with E-state index in [1.54, 1.807) is 0 Å². The summed E-state index contributed by atoms with van der Waals surface area (Å²) in [6.07, 6.45) is 6.54. The molecule has 1 aliphatic rings. The summed E-state index contributed by atoms with van der Waals surface area (Å²) in [5, 5.41) is 7.25. The standard InChI is InChI=1S/C13H22N2S/c1-10(2)15-13(7-5-4-6-8-13)12-14-11(3)9-16-12/h9-10,15H,4-8H2,1-3H3. The van der Waals surface area contributed by atoms with E-state index in [-0.39, 0.29) is 5.54 Å². The molecule has 0 atom stereocenters. The lowest BCUT2D eigenvalue weighted by Gasteiger charge is -2.38. The predicted molar refractivity (Wildman–Crippen MR) is 69.9 cm³/mol. The van der Waals surface area contributed by atoms with Crippen LogP contribution in [-0.2, 0) is 5.54 Å². The van der Waals surface area contributed by atoms with Gasteiger partial charge in [0.25, 0.3) is 0 Å². The third-order valence-electron chi connectivity index (χ3n) is 3.30. The second kappa shape index (κ2) is 4.84. The quantitative estimate of drug-likeness (QED) is 0.870. The summed E-state index contributed by atoms with van der Waals surface area (Å²) in [5.74, 6) is 0. The van der Waals surface area contributed by atoms with Gasteiger partial charge in [0.05, 0.1) is 5.54 Å². The van der Waals surface area contributed by atoms with Gasteiger partial charge in [-0.3, -0.25) is 0 Å². The third kappa shape index (κ3) is 2.46. The van der Waals surface area contributed by atoms with Gasteiger partial charge in [0.15, 0.2) is 0 Å². The highest BCUT2D eigenvalue weighted by molar-refractivity contribution is 7.09. The summed E-state index contributed by atoms with van der Waals surface area (Å²) in [6, 6.07) is 0.530. The monoisotopic (exact) mass is 238 g/mol. The van der Waals surface area contributed by atoms with Crippen LogP contribution in [0.5, 0.6) is 0 Å². The second-order valence-corrected chi connectivity index (χ2v) is 6.09. The first-order valence-corrected chi connectivity index (χ1v) is 7.21. The Kier molecular flexibility index (Phi) is 3.65. The lowest BCUT2D eigenvalue weighted by atomic mass is 9.81. The highest BCUT2D eigenvalue weighted by atomic mass is 32.1. The zero-order valence-electron chi connectivity index (χ0n) is 10.5. The molecule has 1 fully saturated rings. The summed E-state index contributed by atoms with van der Waals surface area (Å²) >= 11 is 1.82. The van der Waals surface area contributed by atoms with Gasteiger partial charge in [-0.25, -0.2) is 4.98 Å². The van der Waals surface area contributed by atoms with Crippen LogP contribution < -0.4 is 5.32 Å². The van der Waals surface area contributed by atoms with Gasteiger partial charge in [-0.15, -0.1) is 11.3 Å². The number of aromatic nitrogens is 1. The molecule has 16 heavy (non-hydrogen) atoms. The van der Waals surface area contributed by atoms with Crippen molar-refractivity contribution >= 4 is 11.3 Å². The van der Waals surface area contributed by atoms with E-state index in [0.717, 1.165) is 5.69 Å². The van der Waals surface area contributed by atoms with Crippen molar-refractivity contribution in [3.05, 3.63) is 16.1 Å². The van der Waals surface area contributed by atoms with Crippen molar-refractivity contribution in [2.45, 2.75) is 64.5 Å². The van der Waals surface area contributed by atoms with Crippen LogP contribution in [0.2, 0.25) is 0 Å². The topological polar surface area (TPSA) is 24.9 Å². The minimum absolute atomic E-state index is 0.172. The second-order valence-electron chi connectivity index (χ2n) is 5.24. The van der Waals surface area contributed by atoms with Crippen molar-refractivity contribution in [2.75, 3.05) is 0 Å². The molecule has 0 radical (unpaired) electrons. The number of thiazole rings is 1. The lowest BCUT2D eigenvalue weighted by molar-refractivity contribution is 0.216. The summed E-state index contributed by atoms with van der Waals surface area (Å²) in [5.41, 5.74) is 1.33. The number of hydrogen-bond donors (Lipinski definition) is 1. The van der Waals surface area contributed by atoms with Gasteiger partial charge in [-0.1, -0.05) is 19.3 Å². The SMILES string of the molecule is Cc1csc(C2(NC(C)C)CCCCC2)n1. The molecule has 1 aliphatic carbocycles. The Labute approximate surface area is 102 Å². The molecule has 0 amide bonds. The summed E-state index contributed by atoms with van der Waals surface area (Å²) in [4.78, 5) is 4.72. The molecule has 90 valence electrons. The highest BCUT2D eigenvalue weighted by Crippen LogP contribution is 2.38. The molecule has 1 N–H and O–H groups in total. The van der Waals surface area contributed by atoms with E-state index >= 15 is 0 Å². The zero-order valence-corrected chi connectivity index (χ0v) is 11.4. The third-order valence-corrected chi connectivity index (χ3v) is 4.46. The van der Waals surface area contributed by atoms with Crippen molar-refractivity contribution in [1.82, 2.24) is 10.3 Å². The maximum atomic E-state index is 4.72. The molecule has 1 aromatic rings. The number of rotatable bonds is 3. The van der Waals surface area contributed by atoms with Gasteiger partial charge in [0, 0.05) is 17.1 Å². The van der Waals surface area contributed by atoms with Crippen molar-refractivity contribution in [1.29, 1.82) is 0 Å². The minimum Gasteiger partial charge on any atom is -0.303 e. The molecule has 3 heteroatoms. The molecule has 0 aromatic carbocycles.